The molecular weight excluding hydrogens is 244 g/mol. The number of nitrogens with one attached hydrogen (secondary N) is 1. The van der Waals surface area contributed by atoms with E-state index in [1.54, 1.807) is 0 Å². The van der Waals surface area contributed by atoms with Gasteiger partial charge in [0.25, 0.3) is 0 Å². The molecule has 1 aliphatic heterocycles. The molecule has 2 heteroatoms. The van der Waals surface area contributed by atoms with Gasteiger partial charge in [0.15, 0.2) is 0 Å². The first-order valence-corrected chi connectivity index (χ1v) is 8.44. The summed E-state index contributed by atoms with van der Waals surface area (Å²) in [6.45, 7) is 4.97. The van der Waals surface area contributed by atoms with Gasteiger partial charge < -0.3 is 10.2 Å². The fourth-order valence-electron chi connectivity index (χ4n) is 3.38. The molecule has 0 radical (unpaired) electrons. The maximum Gasteiger partial charge on any atom is 0.0349 e. The lowest BCUT2D eigenvalue weighted by Crippen LogP contribution is -2.35. The standard InChI is InChI=1S/C18H28N2/c1-2-7-14-20(13-6-1)15-12-19-18(17-10-11-17)16-8-4-3-5-9-16/h3-5,8-9,17-19H,1-2,6-7,10-15H2. The molecule has 1 atom stereocenters. The smallest absolute Gasteiger partial charge is 0.0349 e. The van der Waals surface area contributed by atoms with Crippen LogP contribution >= 0.6 is 0 Å². The third-order valence-corrected chi connectivity index (χ3v) is 4.74. The average Bonchev–Trinajstić information content (AvgIpc) is 3.32. The molecule has 1 saturated carbocycles. The molecule has 1 aromatic rings. The van der Waals surface area contributed by atoms with Crippen LogP contribution in [0.15, 0.2) is 30.3 Å². The molecule has 1 aliphatic carbocycles. The zero-order chi connectivity index (χ0) is 13.6. The van der Waals surface area contributed by atoms with Crippen molar-refractivity contribution in [2.45, 2.75) is 44.6 Å². The van der Waals surface area contributed by atoms with E-state index < -0.39 is 0 Å². The molecule has 20 heavy (non-hydrogen) atoms. The Hall–Kier alpha value is -0.860. The van der Waals surface area contributed by atoms with E-state index >= 15 is 0 Å². The number of nitrogens with zero attached hydrogens (tertiary/aromatic N) is 1. The molecule has 1 saturated heterocycles. The quantitative estimate of drug-likeness (QED) is 0.851. The molecule has 2 aliphatic rings. The first-order valence-electron chi connectivity index (χ1n) is 8.44. The molecular formula is C18H28N2. The number of likely N-dealkylation sites (tertiary alicyclic amines) is 1. The maximum atomic E-state index is 3.82. The van der Waals surface area contributed by atoms with Crippen LogP contribution in [-0.2, 0) is 0 Å². The normalized spacial score (nSPS) is 22.4. The second-order valence-electron chi connectivity index (χ2n) is 6.44. The minimum absolute atomic E-state index is 0.586. The van der Waals surface area contributed by atoms with Crippen LogP contribution in [0, 0.1) is 5.92 Å². The van der Waals surface area contributed by atoms with Crippen LogP contribution in [-0.4, -0.2) is 31.1 Å². The number of hydrogen-bond acceptors (Lipinski definition) is 2. The lowest BCUT2D eigenvalue weighted by atomic mass is 10.0. The van der Waals surface area contributed by atoms with Gasteiger partial charge in [-0.25, -0.2) is 0 Å². The van der Waals surface area contributed by atoms with Crippen molar-refractivity contribution in [3.8, 4) is 0 Å². The molecule has 3 rings (SSSR count). The predicted molar refractivity (Wildman–Crippen MR) is 84.8 cm³/mol. The minimum atomic E-state index is 0.586. The van der Waals surface area contributed by atoms with Gasteiger partial charge in [0.2, 0.25) is 0 Å². The summed E-state index contributed by atoms with van der Waals surface area (Å²) in [5.74, 6) is 0.876. The molecule has 110 valence electrons. The Morgan fingerprint density at radius 2 is 1.70 bits per heavy atom. The second-order valence-corrected chi connectivity index (χ2v) is 6.44. The summed E-state index contributed by atoms with van der Waals surface area (Å²) in [5.41, 5.74) is 1.48. The first kappa shape index (κ1) is 14.1. The van der Waals surface area contributed by atoms with Gasteiger partial charge in [-0.3, -0.25) is 0 Å². The molecule has 0 aromatic heterocycles. The van der Waals surface area contributed by atoms with E-state index in [0.717, 1.165) is 12.5 Å². The van der Waals surface area contributed by atoms with Crippen molar-refractivity contribution in [2.24, 2.45) is 5.92 Å². The van der Waals surface area contributed by atoms with E-state index in [2.05, 4.69) is 40.5 Å². The van der Waals surface area contributed by atoms with E-state index in [1.165, 1.54) is 63.7 Å². The Kier molecular flexibility index (Phi) is 5.10. The van der Waals surface area contributed by atoms with Gasteiger partial charge in [0.1, 0.15) is 0 Å². The van der Waals surface area contributed by atoms with Gasteiger partial charge >= 0.3 is 0 Å². The molecule has 0 bridgehead atoms. The fraction of sp³-hybridized carbons (Fsp3) is 0.667. The van der Waals surface area contributed by atoms with E-state index in [0.29, 0.717) is 6.04 Å². The van der Waals surface area contributed by atoms with Crippen LogP contribution in [0.5, 0.6) is 0 Å². The minimum Gasteiger partial charge on any atom is -0.308 e. The van der Waals surface area contributed by atoms with Crippen LogP contribution in [0.25, 0.3) is 0 Å². The van der Waals surface area contributed by atoms with E-state index in [1.807, 2.05) is 0 Å². The summed E-state index contributed by atoms with van der Waals surface area (Å²) in [7, 11) is 0. The lowest BCUT2D eigenvalue weighted by molar-refractivity contribution is 0.276. The van der Waals surface area contributed by atoms with E-state index in [-0.39, 0.29) is 0 Å². The number of hydrogen-bond donors (Lipinski definition) is 1. The van der Waals surface area contributed by atoms with Gasteiger partial charge in [-0.05, 0) is 50.3 Å². The first-order chi connectivity index (χ1) is 9.93. The zero-order valence-corrected chi connectivity index (χ0v) is 12.6. The van der Waals surface area contributed by atoms with Gasteiger partial charge in [-0.15, -0.1) is 0 Å². The molecule has 1 aromatic carbocycles. The van der Waals surface area contributed by atoms with Crippen LogP contribution < -0.4 is 5.32 Å². The highest BCUT2D eigenvalue weighted by Gasteiger charge is 2.31. The SMILES string of the molecule is c1ccc(C(NCCN2CCCCCC2)C2CC2)cc1. The van der Waals surface area contributed by atoms with Crippen molar-refractivity contribution in [1.82, 2.24) is 10.2 Å². The Balaban J connectivity index is 1.48. The third-order valence-electron chi connectivity index (χ3n) is 4.74. The highest BCUT2D eigenvalue weighted by atomic mass is 15.1. The largest absolute Gasteiger partial charge is 0.308 e. The Bertz CT molecular complexity index is 378. The Labute approximate surface area is 123 Å². The fourth-order valence-corrected chi connectivity index (χ4v) is 3.38. The molecule has 0 amide bonds. The van der Waals surface area contributed by atoms with Crippen LogP contribution in [0.4, 0.5) is 0 Å². The molecule has 1 heterocycles. The van der Waals surface area contributed by atoms with Gasteiger partial charge in [0, 0.05) is 19.1 Å². The molecule has 0 spiro atoms. The highest BCUT2D eigenvalue weighted by molar-refractivity contribution is 5.21. The summed E-state index contributed by atoms with van der Waals surface area (Å²) in [6, 6.07) is 11.6. The van der Waals surface area contributed by atoms with E-state index in [9.17, 15) is 0 Å². The van der Waals surface area contributed by atoms with Crippen LogP contribution in [0.1, 0.15) is 50.1 Å². The average molecular weight is 272 g/mol. The van der Waals surface area contributed by atoms with Crippen LogP contribution in [0.3, 0.4) is 0 Å². The predicted octanol–water partition coefficient (Wildman–Crippen LogP) is 3.60. The van der Waals surface area contributed by atoms with Gasteiger partial charge in [0.05, 0.1) is 0 Å². The summed E-state index contributed by atoms with van der Waals surface area (Å²) < 4.78 is 0. The lowest BCUT2D eigenvalue weighted by Gasteiger charge is -2.23. The summed E-state index contributed by atoms with van der Waals surface area (Å²) in [4.78, 5) is 2.65. The Morgan fingerprint density at radius 3 is 2.35 bits per heavy atom. The zero-order valence-electron chi connectivity index (χ0n) is 12.6. The number of benzene rings is 1. The number of rotatable bonds is 6. The topological polar surface area (TPSA) is 15.3 Å². The monoisotopic (exact) mass is 272 g/mol. The second kappa shape index (κ2) is 7.24. The molecule has 1 unspecified atom stereocenters. The van der Waals surface area contributed by atoms with Gasteiger partial charge in [-0.2, -0.15) is 0 Å². The van der Waals surface area contributed by atoms with Crippen molar-refractivity contribution < 1.29 is 0 Å². The van der Waals surface area contributed by atoms with Crippen LogP contribution in [0.2, 0.25) is 0 Å². The van der Waals surface area contributed by atoms with Crippen molar-refractivity contribution >= 4 is 0 Å². The van der Waals surface area contributed by atoms with Crippen molar-refractivity contribution in [3.63, 3.8) is 0 Å². The maximum absolute atomic E-state index is 3.82. The highest BCUT2D eigenvalue weighted by Crippen LogP contribution is 2.40. The summed E-state index contributed by atoms with van der Waals surface area (Å²) >= 11 is 0. The van der Waals surface area contributed by atoms with Gasteiger partial charge in [-0.1, -0.05) is 43.2 Å². The van der Waals surface area contributed by atoms with E-state index in [4.69, 9.17) is 0 Å². The molecule has 1 N–H and O–H groups in total. The summed E-state index contributed by atoms with van der Waals surface area (Å²) in [6.07, 6.45) is 8.44. The molecule has 2 fully saturated rings. The van der Waals surface area contributed by atoms with Crippen molar-refractivity contribution in [1.29, 1.82) is 0 Å². The van der Waals surface area contributed by atoms with Crippen molar-refractivity contribution in [3.05, 3.63) is 35.9 Å². The summed E-state index contributed by atoms with van der Waals surface area (Å²) in [5, 5.41) is 3.82. The Morgan fingerprint density at radius 1 is 1.00 bits per heavy atom. The molecule has 2 nitrogen and oxygen atoms in total. The third kappa shape index (κ3) is 4.07. The van der Waals surface area contributed by atoms with Crippen molar-refractivity contribution in [2.75, 3.05) is 26.2 Å².